The van der Waals surface area contributed by atoms with Crippen LogP contribution < -0.4 is 16.0 Å². The maximum atomic E-state index is 13.2. The first kappa shape index (κ1) is 30.7. The van der Waals surface area contributed by atoms with E-state index in [-0.39, 0.29) is 49.6 Å². The van der Waals surface area contributed by atoms with Crippen molar-refractivity contribution in [2.75, 3.05) is 44.2 Å². The van der Waals surface area contributed by atoms with E-state index >= 15 is 0 Å². The molecule has 0 aliphatic heterocycles. The monoisotopic (exact) mass is 516 g/mol. The molecule has 2 amide bonds. The van der Waals surface area contributed by atoms with Gasteiger partial charge in [-0.2, -0.15) is 0 Å². The molecule has 0 unspecified atom stereocenters. The van der Waals surface area contributed by atoms with Gasteiger partial charge in [-0.3, -0.25) is 14.4 Å². The van der Waals surface area contributed by atoms with Crippen molar-refractivity contribution in [3.8, 4) is 0 Å². The minimum atomic E-state index is -0.616. The molecule has 0 fully saturated rings. The summed E-state index contributed by atoms with van der Waals surface area (Å²) in [6, 6.07) is 14.0. The van der Waals surface area contributed by atoms with Crippen LogP contribution in [-0.2, 0) is 9.59 Å². The van der Waals surface area contributed by atoms with Crippen LogP contribution in [-0.4, -0.2) is 61.8 Å². The van der Waals surface area contributed by atoms with Crippen LogP contribution in [0.15, 0.2) is 48.5 Å². The lowest BCUT2D eigenvalue weighted by molar-refractivity contribution is -0.123. The highest BCUT2D eigenvalue weighted by Gasteiger charge is 2.21. The average molecular weight is 518 g/mol. The molecular weight excluding hydrogens is 487 g/mol. The Morgan fingerprint density at radius 2 is 1.61 bits per heavy atom. The maximum Gasteiger partial charge on any atom is 0.239 e. The standard InChI is InChI=1S/C23H29ClN4O3.2ClH/c1-3-27(4-2)12-13-28(16-22(30)26-15-21(25)29)20-11-10-18(24)14-19(20)23(31)17-8-6-5-7-9-17;;/h5-11,14H,3-4,12-13,15-16H2,1-2H3,(H2,25,29)(H,26,30);2*1H. The van der Waals surface area contributed by atoms with Crippen LogP contribution in [0.3, 0.4) is 0 Å². The van der Waals surface area contributed by atoms with Crippen LogP contribution in [0.1, 0.15) is 29.8 Å². The Morgan fingerprint density at radius 3 is 2.18 bits per heavy atom. The second kappa shape index (κ2) is 15.5. The van der Waals surface area contributed by atoms with Gasteiger partial charge in [0.05, 0.1) is 13.1 Å². The molecule has 2 aromatic rings. The van der Waals surface area contributed by atoms with E-state index in [0.717, 1.165) is 13.1 Å². The van der Waals surface area contributed by atoms with Gasteiger partial charge in [-0.05, 0) is 31.3 Å². The third-order valence-corrected chi connectivity index (χ3v) is 5.19. The summed E-state index contributed by atoms with van der Waals surface area (Å²) in [5.41, 5.74) is 6.69. The van der Waals surface area contributed by atoms with Gasteiger partial charge in [0.25, 0.3) is 0 Å². The number of ketones is 1. The van der Waals surface area contributed by atoms with E-state index in [1.165, 1.54) is 0 Å². The van der Waals surface area contributed by atoms with Crippen LogP contribution in [0.25, 0.3) is 0 Å². The van der Waals surface area contributed by atoms with Crippen LogP contribution in [0, 0.1) is 0 Å². The van der Waals surface area contributed by atoms with Gasteiger partial charge in [-0.1, -0.05) is 55.8 Å². The van der Waals surface area contributed by atoms with E-state index in [1.54, 1.807) is 42.5 Å². The van der Waals surface area contributed by atoms with Gasteiger partial charge in [0.15, 0.2) is 5.78 Å². The fourth-order valence-corrected chi connectivity index (χ4v) is 3.38. The maximum absolute atomic E-state index is 13.2. The zero-order valence-corrected chi connectivity index (χ0v) is 21.1. The number of amides is 2. The van der Waals surface area contributed by atoms with Gasteiger partial charge in [-0.25, -0.2) is 0 Å². The van der Waals surface area contributed by atoms with Crippen molar-refractivity contribution in [2.24, 2.45) is 5.73 Å². The Hall–Kier alpha value is -2.32. The molecule has 0 atom stereocenters. The quantitative estimate of drug-likeness (QED) is 0.422. The molecule has 2 rings (SSSR count). The lowest BCUT2D eigenvalue weighted by atomic mass is 10.0. The number of rotatable bonds is 12. The Bertz CT molecular complexity index is 909. The molecule has 0 aromatic heterocycles. The molecule has 10 heteroatoms. The Labute approximate surface area is 212 Å². The zero-order chi connectivity index (χ0) is 22.8. The molecule has 0 saturated carbocycles. The summed E-state index contributed by atoms with van der Waals surface area (Å²) in [6.07, 6.45) is 0. The third-order valence-electron chi connectivity index (χ3n) is 4.95. The van der Waals surface area contributed by atoms with E-state index in [0.29, 0.717) is 34.9 Å². The van der Waals surface area contributed by atoms with Crippen molar-refractivity contribution < 1.29 is 14.4 Å². The molecule has 3 N–H and O–H groups in total. The molecule has 7 nitrogen and oxygen atoms in total. The van der Waals surface area contributed by atoms with Crippen molar-refractivity contribution in [3.05, 3.63) is 64.7 Å². The first-order valence-electron chi connectivity index (χ1n) is 10.3. The molecule has 0 radical (unpaired) electrons. The number of nitrogens with two attached hydrogens (primary N) is 1. The van der Waals surface area contributed by atoms with Gasteiger partial charge >= 0.3 is 0 Å². The fourth-order valence-electron chi connectivity index (χ4n) is 3.21. The van der Waals surface area contributed by atoms with Gasteiger partial charge in [-0.15, -0.1) is 24.8 Å². The molecule has 0 heterocycles. The van der Waals surface area contributed by atoms with E-state index in [1.807, 2.05) is 11.0 Å². The second-order valence-electron chi connectivity index (χ2n) is 7.05. The molecule has 0 aliphatic rings. The normalized spacial score (nSPS) is 10.1. The molecule has 33 heavy (non-hydrogen) atoms. The minimum Gasteiger partial charge on any atom is -0.368 e. The topological polar surface area (TPSA) is 95.7 Å². The lowest BCUT2D eigenvalue weighted by Gasteiger charge is -2.29. The van der Waals surface area contributed by atoms with Gasteiger partial charge in [0, 0.05) is 34.9 Å². The number of carbonyl (C=O) groups excluding carboxylic acids is 3. The first-order valence-corrected chi connectivity index (χ1v) is 10.6. The summed E-state index contributed by atoms with van der Waals surface area (Å²) >= 11 is 6.21. The minimum absolute atomic E-state index is 0. The second-order valence-corrected chi connectivity index (χ2v) is 7.48. The predicted octanol–water partition coefficient (Wildman–Crippen LogP) is 3.16. The Morgan fingerprint density at radius 1 is 0.970 bits per heavy atom. The molecule has 182 valence electrons. The van der Waals surface area contributed by atoms with E-state index < -0.39 is 5.91 Å². The highest BCUT2D eigenvalue weighted by Crippen LogP contribution is 2.27. The predicted molar refractivity (Wildman–Crippen MR) is 138 cm³/mol. The smallest absolute Gasteiger partial charge is 0.239 e. The summed E-state index contributed by atoms with van der Waals surface area (Å²) in [5, 5.41) is 2.95. The summed E-state index contributed by atoms with van der Waals surface area (Å²) < 4.78 is 0. The number of benzene rings is 2. The van der Waals surface area contributed by atoms with Crippen molar-refractivity contribution in [1.82, 2.24) is 10.2 Å². The number of primary amides is 1. The van der Waals surface area contributed by atoms with Crippen molar-refractivity contribution in [3.63, 3.8) is 0 Å². The summed E-state index contributed by atoms with van der Waals surface area (Å²) in [5.74, 6) is -1.15. The molecule has 0 aliphatic carbocycles. The lowest BCUT2D eigenvalue weighted by Crippen LogP contribution is -2.44. The van der Waals surface area contributed by atoms with Gasteiger partial charge in [0.2, 0.25) is 11.8 Å². The van der Waals surface area contributed by atoms with Gasteiger partial charge in [0.1, 0.15) is 0 Å². The molecule has 0 spiro atoms. The number of hydrogen-bond donors (Lipinski definition) is 2. The van der Waals surface area contributed by atoms with E-state index in [4.69, 9.17) is 17.3 Å². The van der Waals surface area contributed by atoms with Crippen LogP contribution in [0.2, 0.25) is 5.02 Å². The van der Waals surface area contributed by atoms with Gasteiger partial charge < -0.3 is 20.9 Å². The number of hydrogen-bond acceptors (Lipinski definition) is 5. The average Bonchev–Trinajstić information content (AvgIpc) is 2.77. The molecule has 2 aromatic carbocycles. The summed E-state index contributed by atoms with van der Waals surface area (Å²) in [6.45, 7) is 6.84. The SMILES string of the molecule is CCN(CC)CCN(CC(=O)NCC(N)=O)c1ccc(Cl)cc1C(=O)c1ccccc1.Cl.Cl. The van der Waals surface area contributed by atoms with E-state index in [2.05, 4.69) is 24.1 Å². The van der Waals surface area contributed by atoms with Crippen molar-refractivity contribution in [1.29, 1.82) is 0 Å². The van der Waals surface area contributed by atoms with E-state index in [9.17, 15) is 14.4 Å². The zero-order valence-electron chi connectivity index (χ0n) is 18.8. The number of nitrogens with zero attached hydrogens (tertiary/aromatic N) is 2. The Kier molecular flexibility index (Phi) is 14.4. The first-order chi connectivity index (χ1) is 14.8. The molecule has 0 bridgehead atoms. The number of likely N-dealkylation sites (N-methyl/N-ethyl adjacent to an activating group) is 1. The number of nitrogens with one attached hydrogen (secondary N) is 1. The highest BCUT2D eigenvalue weighted by molar-refractivity contribution is 6.31. The summed E-state index contributed by atoms with van der Waals surface area (Å²) in [4.78, 5) is 40.7. The number of anilines is 1. The fraction of sp³-hybridized carbons (Fsp3) is 0.348. The van der Waals surface area contributed by atoms with Crippen molar-refractivity contribution >= 4 is 59.7 Å². The molecule has 0 saturated heterocycles. The molecular formula is C23H31Cl3N4O3. The van der Waals surface area contributed by atoms with Crippen LogP contribution in [0.5, 0.6) is 0 Å². The largest absolute Gasteiger partial charge is 0.368 e. The highest BCUT2D eigenvalue weighted by atomic mass is 35.5. The van der Waals surface area contributed by atoms with Crippen molar-refractivity contribution in [2.45, 2.75) is 13.8 Å². The summed E-state index contributed by atoms with van der Waals surface area (Å²) in [7, 11) is 0. The van der Waals surface area contributed by atoms with Crippen LogP contribution in [0.4, 0.5) is 5.69 Å². The number of carbonyl (C=O) groups is 3. The number of halogens is 3. The Balaban J connectivity index is 0.00000512. The van der Waals surface area contributed by atoms with Crippen LogP contribution >= 0.6 is 36.4 Å². The third kappa shape index (κ3) is 9.60.